The molecule has 0 saturated heterocycles. The first-order valence-electron chi connectivity index (χ1n) is 6.26. The number of hydrogen-bond donors (Lipinski definition) is 1. The van der Waals surface area contributed by atoms with Gasteiger partial charge in [0.15, 0.2) is 0 Å². The van der Waals surface area contributed by atoms with Gasteiger partial charge in [-0.1, -0.05) is 0 Å². The minimum Gasteiger partial charge on any atom is -0.432 e. The van der Waals surface area contributed by atoms with Crippen molar-refractivity contribution in [1.29, 1.82) is 0 Å². The predicted octanol–water partition coefficient (Wildman–Crippen LogP) is 1.40. The highest BCUT2D eigenvalue weighted by Crippen LogP contribution is 2.19. The van der Waals surface area contributed by atoms with Gasteiger partial charge in [0.25, 0.3) is 6.01 Å². The Morgan fingerprint density at radius 3 is 3.12 bits per heavy atom. The Balaban J connectivity index is 1.75. The average molecular weight is 239 g/mol. The Bertz CT molecular complexity index is 336. The van der Waals surface area contributed by atoms with Crippen molar-refractivity contribution in [2.24, 2.45) is 0 Å². The van der Waals surface area contributed by atoms with Crippen molar-refractivity contribution in [2.45, 2.75) is 32.4 Å². The molecule has 0 bridgehead atoms. The van der Waals surface area contributed by atoms with Gasteiger partial charge in [-0.2, -0.15) is 4.98 Å². The number of aromatic nitrogens is 1. The summed E-state index contributed by atoms with van der Waals surface area (Å²) in [6.07, 6.45) is 4.31. The molecule has 0 atom stereocenters. The molecule has 0 radical (unpaired) electrons. The Morgan fingerprint density at radius 1 is 1.59 bits per heavy atom. The Morgan fingerprint density at radius 2 is 2.41 bits per heavy atom. The Hall–Kier alpha value is -1.07. The van der Waals surface area contributed by atoms with Crippen LogP contribution in [0.15, 0.2) is 10.7 Å². The van der Waals surface area contributed by atoms with Crippen LogP contribution in [0.1, 0.15) is 25.5 Å². The van der Waals surface area contributed by atoms with E-state index < -0.39 is 0 Å². The quantitative estimate of drug-likeness (QED) is 0.695. The first-order valence-corrected chi connectivity index (χ1v) is 6.26. The van der Waals surface area contributed by atoms with Gasteiger partial charge in [-0.3, -0.25) is 0 Å². The van der Waals surface area contributed by atoms with Crippen LogP contribution < -0.4 is 10.2 Å². The van der Waals surface area contributed by atoms with Gasteiger partial charge < -0.3 is 19.4 Å². The number of likely N-dealkylation sites (N-methyl/N-ethyl adjacent to an activating group) is 1. The van der Waals surface area contributed by atoms with E-state index in [4.69, 9.17) is 9.15 Å². The molecule has 0 aliphatic heterocycles. The number of rotatable bonds is 8. The summed E-state index contributed by atoms with van der Waals surface area (Å²) in [6.45, 7) is 5.03. The van der Waals surface area contributed by atoms with Gasteiger partial charge in [-0.15, -0.1) is 0 Å². The van der Waals surface area contributed by atoms with Crippen LogP contribution in [0.3, 0.4) is 0 Å². The standard InChI is InChI=1S/C12H21N3O2/c1-3-16-7-6-15(2)12-14-11(9-17-12)8-13-10-4-5-10/h9-10,13H,3-8H2,1-2H3. The molecule has 0 spiro atoms. The van der Waals surface area contributed by atoms with Crippen LogP contribution >= 0.6 is 0 Å². The van der Waals surface area contributed by atoms with Crippen LogP contribution in [0.25, 0.3) is 0 Å². The molecule has 96 valence electrons. The van der Waals surface area contributed by atoms with Crippen LogP contribution in [0.5, 0.6) is 0 Å². The molecule has 1 saturated carbocycles. The van der Waals surface area contributed by atoms with Gasteiger partial charge in [0.1, 0.15) is 6.26 Å². The number of hydrogen-bond acceptors (Lipinski definition) is 5. The maximum absolute atomic E-state index is 5.43. The molecule has 17 heavy (non-hydrogen) atoms. The van der Waals surface area contributed by atoms with Crippen molar-refractivity contribution >= 4 is 6.01 Å². The number of anilines is 1. The highest BCUT2D eigenvalue weighted by atomic mass is 16.5. The predicted molar refractivity (Wildman–Crippen MR) is 66.1 cm³/mol. The summed E-state index contributed by atoms with van der Waals surface area (Å²) in [5, 5.41) is 3.41. The Labute approximate surface area is 102 Å². The van der Waals surface area contributed by atoms with Crippen molar-refractivity contribution in [3.63, 3.8) is 0 Å². The fourth-order valence-corrected chi connectivity index (χ4v) is 1.53. The van der Waals surface area contributed by atoms with E-state index in [1.807, 2.05) is 18.9 Å². The summed E-state index contributed by atoms with van der Waals surface area (Å²) in [4.78, 5) is 6.40. The van der Waals surface area contributed by atoms with E-state index in [9.17, 15) is 0 Å². The summed E-state index contributed by atoms with van der Waals surface area (Å²) in [5.41, 5.74) is 0.968. The number of nitrogens with one attached hydrogen (secondary N) is 1. The molecule has 1 fully saturated rings. The van der Waals surface area contributed by atoms with E-state index in [-0.39, 0.29) is 0 Å². The lowest BCUT2D eigenvalue weighted by atomic mass is 10.4. The molecule has 5 nitrogen and oxygen atoms in total. The van der Waals surface area contributed by atoms with Crippen LogP contribution in [0, 0.1) is 0 Å². The summed E-state index contributed by atoms with van der Waals surface area (Å²) < 4.78 is 10.7. The molecule has 1 aromatic rings. The lowest BCUT2D eigenvalue weighted by Gasteiger charge is -2.13. The molecule has 5 heteroatoms. The minimum atomic E-state index is 0.664. The molecule has 1 aliphatic carbocycles. The van der Waals surface area contributed by atoms with E-state index in [0.717, 1.165) is 25.4 Å². The third-order valence-electron chi connectivity index (χ3n) is 2.79. The fraction of sp³-hybridized carbons (Fsp3) is 0.750. The molecule has 2 rings (SSSR count). The molecular weight excluding hydrogens is 218 g/mol. The first-order chi connectivity index (χ1) is 8.29. The second kappa shape index (κ2) is 6.02. The number of nitrogens with zero attached hydrogens (tertiary/aromatic N) is 2. The van der Waals surface area contributed by atoms with Gasteiger partial charge in [0.2, 0.25) is 0 Å². The average Bonchev–Trinajstić information content (AvgIpc) is 3.04. The maximum Gasteiger partial charge on any atom is 0.297 e. The van der Waals surface area contributed by atoms with Crippen LogP contribution in [0.2, 0.25) is 0 Å². The number of oxazole rings is 1. The van der Waals surface area contributed by atoms with E-state index in [2.05, 4.69) is 10.3 Å². The van der Waals surface area contributed by atoms with Crippen LogP contribution in [-0.2, 0) is 11.3 Å². The first kappa shape index (κ1) is 12.4. The van der Waals surface area contributed by atoms with Crippen molar-refractivity contribution in [2.75, 3.05) is 31.7 Å². The zero-order chi connectivity index (χ0) is 12.1. The number of ether oxygens (including phenoxy) is 1. The second-order valence-corrected chi connectivity index (χ2v) is 4.40. The van der Waals surface area contributed by atoms with Crippen molar-refractivity contribution in [3.05, 3.63) is 12.0 Å². The summed E-state index contributed by atoms with van der Waals surface area (Å²) >= 11 is 0. The van der Waals surface area contributed by atoms with Gasteiger partial charge in [-0.25, -0.2) is 0 Å². The molecule has 0 amide bonds. The second-order valence-electron chi connectivity index (χ2n) is 4.40. The van der Waals surface area contributed by atoms with Crippen molar-refractivity contribution < 1.29 is 9.15 Å². The van der Waals surface area contributed by atoms with E-state index in [1.54, 1.807) is 6.26 Å². The molecule has 1 aromatic heterocycles. The fourth-order valence-electron chi connectivity index (χ4n) is 1.53. The van der Waals surface area contributed by atoms with E-state index >= 15 is 0 Å². The molecule has 1 heterocycles. The minimum absolute atomic E-state index is 0.664. The summed E-state index contributed by atoms with van der Waals surface area (Å²) in [7, 11) is 1.96. The Kier molecular flexibility index (Phi) is 4.39. The lowest BCUT2D eigenvalue weighted by Crippen LogP contribution is -2.23. The normalized spacial score (nSPS) is 15.2. The van der Waals surface area contributed by atoms with Crippen molar-refractivity contribution in [3.8, 4) is 0 Å². The molecule has 1 N–H and O–H groups in total. The summed E-state index contributed by atoms with van der Waals surface area (Å²) in [5.74, 6) is 0. The highest BCUT2D eigenvalue weighted by Gasteiger charge is 2.20. The molecule has 1 aliphatic rings. The smallest absolute Gasteiger partial charge is 0.297 e. The van der Waals surface area contributed by atoms with Gasteiger partial charge in [-0.05, 0) is 19.8 Å². The zero-order valence-corrected chi connectivity index (χ0v) is 10.6. The van der Waals surface area contributed by atoms with Crippen molar-refractivity contribution in [1.82, 2.24) is 10.3 Å². The maximum atomic E-state index is 5.43. The topological polar surface area (TPSA) is 50.5 Å². The van der Waals surface area contributed by atoms with E-state index in [1.165, 1.54) is 12.8 Å². The highest BCUT2D eigenvalue weighted by molar-refractivity contribution is 5.25. The third-order valence-corrected chi connectivity index (χ3v) is 2.79. The van der Waals surface area contributed by atoms with Gasteiger partial charge >= 0.3 is 0 Å². The summed E-state index contributed by atoms with van der Waals surface area (Å²) in [6, 6.07) is 1.36. The molecule has 0 unspecified atom stereocenters. The zero-order valence-electron chi connectivity index (χ0n) is 10.6. The molecule has 0 aromatic carbocycles. The molecular formula is C12H21N3O2. The third kappa shape index (κ3) is 4.02. The largest absolute Gasteiger partial charge is 0.432 e. The van der Waals surface area contributed by atoms with Gasteiger partial charge in [0, 0.05) is 32.8 Å². The monoisotopic (exact) mass is 239 g/mol. The lowest BCUT2D eigenvalue weighted by molar-refractivity contribution is 0.154. The SMILES string of the molecule is CCOCCN(C)c1nc(CNC2CC2)co1. The van der Waals surface area contributed by atoms with Crippen LogP contribution in [-0.4, -0.2) is 37.8 Å². The van der Waals surface area contributed by atoms with Crippen LogP contribution in [0.4, 0.5) is 6.01 Å². The van der Waals surface area contributed by atoms with E-state index in [0.29, 0.717) is 18.7 Å². The van der Waals surface area contributed by atoms with Gasteiger partial charge in [0.05, 0.1) is 12.3 Å².